The number of sulfonamides is 1. The highest BCUT2D eigenvalue weighted by Crippen LogP contribution is 2.38. The third kappa shape index (κ3) is 6.62. The third-order valence-corrected chi connectivity index (χ3v) is 8.56. The summed E-state index contributed by atoms with van der Waals surface area (Å²) in [7, 11) is -1.91. The maximum Gasteiger partial charge on any atom is 0.257 e. The Balaban J connectivity index is 1.36. The van der Waals surface area contributed by atoms with E-state index >= 15 is 0 Å². The first-order chi connectivity index (χ1) is 18.8. The van der Waals surface area contributed by atoms with Crippen molar-refractivity contribution in [3.8, 4) is 16.9 Å². The van der Waals surface area contributed by atoms with E-state index in [0.29, 0.717) is 11.6 Å². The van der Waals surface area contributed by atoms with Gasteiger partial charge in [-0.2, -0.15) is 0 Å². The minimum absolute atomic E-state index is 0.240. The first kappa shape index (κ1) is 27.2. The van der Waals surface area contributed by atoms with E-state index in [2.05, 4.69) is 14.9 Å². The molecule has 206 valence electrons. The van der Waals surface area contributed by atoms with Crippen LogP contribution in [-0.4, -0.2) is 51.7 Å². The molecule has 3 aromatic rings. The molecule has 0 atom stereocenters. The van der Waals surface area contributed by atoms with E-state index in [9.17, 15) is 13.2 Å². The van der Waals surface area contributed by atoms with Crippen molar-refractivity contribution in [1.82, 2.24) is 4.90 Å². The summed E-state index contributed by atoms with van der Waals surface area (Å²) in [5.74, 6) is 0.814. The van der Waals surface area contributed by atoms with E-state index in [4.69, 9.17) is 4.74 Å². The highest BCUT2D eigenvalue weighted by atomic mass is 32.2. The van der Waals surface area contributed by atoms with Crippen molar-refractivity contribution in [2.75, 3.05) is 36.5 Å². The Morgan fingerprint density at radius 1 is 0.897 bits per heavy atom. The van der Waals surface area contributed by atoms with Gasteiger partial charge in [0.25, 0.3) is 5.91 Å². The lowest BCUT2D eigenvalue weighted by atomic mass is 9.87. The normalized spacial score (nSPS) is 17.2. The molecule has 2 fully saturated rings. The fraction of sp³-hybridized carbons (Fsp3) is 0.387. The van der Waals surface area contributed by atoms with Crippen LogP contribution in [0.25, 0.3) is 11.1 Å². The zero-order valence-electron chi connectivity index (χ0n) is 22.7. The van der Waals surface area contributed by atoms with Gasteiger partial charge in [-0.1, -0.05) is 49.2 Å². The smallest absolute Gasteiger partial charge is 0.257 e. The Bertz CT molecular complexity index is 1410. The average molecular weight is 548 g/mol. The van der Waals surface area contributed by atoms with Crippen LogP contribution in [0, 0.1) is 0 Å². The van der Waals surface area contributed by atoms with Crippen molar-refractivity contribution < 1.29 is 17.9 Å². The van der Waals surface area contributed by atoms with E-state index in [0.717, 1.165) is 60.7 Å². The zero-order chi connectivity index (χ0) is 27.4. The second-order valence-corrected chi connectivity index (χ2v) is 12.4. The highest BCUT2D eigenvalue weighted by molar-refractivity contribution is 7.92. The number of likely N-dealkylation sites (tertiary alicyclic amines) is 1. The molecule has 1 amide bonds. The second-order valence-electron chi connectivity index (χ2n) is 10.7. The molecule has 0 bridgehead atoms. The van der Waals surface area contributed by atoms with Crippen LogP contribution in [0.5, 0.6) is 5.75 Å². The fourth-order valence-corrected chi connectivity index (χ4v) is 6.58. The summed E-state index contributed by atoms with van der Waals surface area (Å²) in [5.41, 5.74) is 4.00. The molecule has 5 rings (SSSR count). The number of anilines is 2. The quantitative estimate of drug-likeness (QED) is 0.355. The first-order valence-electron chi connectivity index (χ1n) is 13.7. The maximum absolute atomic E-state index is 13.4. The van der Waals surface area contributed by atoms with Crippen LogP contribution < -0.4 is 14.8 Å². The summed E-state index contributed by atoms with van der Waals surface area (Å²) >= 11 is 0. The average Bonchev–Trinajstić information content (AvgIpc) is 3.48. The molecule has 0 aromatic heterocycles. The second kappa shape index (κ2) is 11.8. The summed E-state index contributed by atoms with van der Waals surface area (Å²) in [5, 5.41) is 2.99. The van der Waals surface area contributed by atoms with Crippen LogP contribution in [0.1, 0.15) is 60.4 Å². The predicted molar refractivity (Wildman–Crippen MR) is 157 cm³/mol. The summed E-state index contributed by atoms with van der Waals surface area (Å²) in [6.45, 7) is 2.17. The van der Waals surface area contributed by atoms with E-state index in [-0.39, 0.29) is 17.2 Å². The van der Waals surface area contributed by atoms with Crippen molar-refractivity contribution in [1.29, 1.82) is 0 Å². The number of hydrogen-bond acceptors (Lipinski definition) is 5. The number of methoxy groups -OCH3 is 1. The van der Waals surface area contributed by atoms with Crippen LogP contribution in [0.2, 0.25) is 0 Å². The van der Waals surface area contributed by atoms with Crippen LogP contribution in [0.15, 0.2) is 66.7 Å². The van der Waals surface area contributed by atoms with Crippen LogP contribution in [0.4, 0.5) is 11.4 Å². The minimum atomic E-state index is -3.60. The third-order valence-electron chi connectivity index (χ3n) is 7.96. The number of amides is 1. The molecule has 0 unspecified atom stereocenters. The lowest BCUT2D eigenvalue weighted by Gasteiger charge is -2.36. The van der Waals surface area contributed by atoms with Crippen LogP contribution in [-0.2, 0) is 10.0 Å². The molecule has 7 nitrogen and oxygen atoms in total. The number of benzene rings is 3. The lowest BCUT2D eigenvalue weighted by Crippen LogP contribution is -2.39. The minimum Gasteiger partial charge on any atom is -0.496 e. The van der Waals surface area contributed by atoms with Gasteiger partial charge in [-0.15, -0.1) is 0 Å². The molecular weight excluding hydrogens is 510 g/mol. The Kier molecular flexibility index (Phi) is 8.23. The van der Waals surface area contributed by atoms with Gasteiger partial charge in [-0.05, 0) is 91.7 Å². The molecule has 1 saturated carbocycles. The van der Waals surface area contributed by atoms with Crippen molar-refractivity contribution in [2.24, 2.45) is 0 Å². The molecular formula is C31H37N3O4S. The number of nitrogens with one attached hydrogen (secondary N) is 2. The highest BCUT2D eigenvalue weighted by Gasteiger charge is 2.29. The van der Waals surface area contributed by atoms with E-state index in [1.807, 2.05) is 54.6 Å². The predicted octanol–water partition coefficient (Wildman–Crippen LogP) is 6.11. The topological polar surface area (TPSA) is 87.7 Å². The number of nitrogens with zero attached hydrogens (tertiary/aromatic N) is 1. The van der Waals surface area contributed by atoms with Gasteiger partial charge in [0, 0.05) is 11.7 Å². The molecule has 2 N–H and O–H groups in total. The lowest BCUT2D eigenvalue weighted by molar-refractivity contribution is 0.102. The number of piperidine rings is 1. The van der Waals surface area contributed by atoms with Gasteiger partial charge in [0.1, 0.15) is 5.75 Å². The summed E-state index contributed by atoms with van der Waals surface area (Å²) in [4.78, 5) is 16.1. The molecule has 39 heavy (non-hydrogen) atoms. The van der Waals surface area contributed by atoms with Crippen molar-refractivity contribution in [3.63, 3.8) is 0 Å². The van der Waals surface area contributed by atoms with E-state index in [1.54, 1.807) is 19.2 Å². The Morgan fingerprint density at radius 3 is 2.28 bits per heavy atom. The van der Waals surface area contributed by atoms with Gasteiger partial charge in [0.2, 0.25) is 10.0 Å². The van der Waals surface area contributed by atoms with Crippen molar-refractivity contribution in [3.05, 3.63) is 77.9 Å². The summed E-state index contributed by atoms with van der Waals surface area (Å²) in [6, 6.07) is 21.3. The monoisotopic (exact) mass is 547 g/mol. The van der Waals surface area contributed by atoms with Crippen LogP contribution >= 0.6 is 0 Å². The number of rotatable bonds is 8. The van der Waals surface area contributed by atoms with Gasteiger partial charge >= 0.3 is 0 Å². The molecule has 0 spiro atoms. The molecule has 1 heterocycles. The van der Waals surface area contributed by atoms with E-state index in [1.165, 1.54) is 25.7 Å². The Labute approximate surface area is 231 Å². The molecule has 1 aliphatic heterocycles. The molecule has 8 heteroatoms. The van der Waals surface area contributed by atoms with Gasteiger partial charge in [-0.3, -0.25) is 9.52 Å². The van der Waals surface area contributed by atoms with Gasteiger partial charge < -0.3 is 15.0 Å². The number of carbonyl (C=O) groups is 1. The molecule has 0 radical (unpaired) electrons. The van der Waals surface area contributed by atoms with Gasteiger partial charge in [0.05, 0.1) is 24.6 Å². The Morgan fingerprint density at radius 2 is 1.62 bits per heavy atom. The molecule has 1 saturated heterocycles. The van der Waals surface area contributed by atoms with Crippen molar-refractivity contribution >= 4 is 27.3 Å². The molecule has 3 aromatic carbocycles. The summed E-state index contributed by atoms with van der Waals surface area (Å²) < 4.78 is 32.5. The number of carbonyl (C=O) groups excluding carboxylic acids is 1. The zero-order valence-corrected chi connectivity index (χ0v) is 23.5. The fourth-order valence-electron chi connectivity index (χ4n) is 6.01. The maximum atomic E-state index is 13.4. The number of ether oxygens (including phenoxy) is 1. The number of hydrogen-bond donors (Lipinski definition) is 2. The van der Waals surface area contributed by atoms with Gasteiger partial charge in [-0.25, -0.2) is 8.42 Å². The van der Waals surface area contributed by atoms with Crippen LogP contribution in [0.3, 0.4) is 0 Å². The first-order valence-corrected chi connectivity index (χ1v) is 15.6. The van der Waals surface area contributed by atoms with Crippen molar-refractivity contribution in [2.45, 2.75) is 50.5 Å². The molecule has 2 aliphatic rings. The largest absolute Gasteiger partial charge is 0.496 e. The SMILES string of the molecule is COc1ccc(NC(=O)c2ccc(-c3ccccc3)cc2NS(C)(=O)=O)cc1C1CCN(C2CCCC2)CC1. The summed E-state index contributed by atoms with van der Waals surface area (Å²) in [6.07, 6.45) is 8.53. The Hall–Kier alpha value is -3.36. The van der Waals surface area contributed by atoms with Gasteiger partial charge in [0.15, 0.2) is 0 Å². The standard InChI is InChI=1S/C31H37N3O4S/c1-38-30-15-13-25(21-28(30)23-16-18-34(19-17-23)26-10-6-7-11-26)32-31(35)27-14-12-24(22-8-4-3-5-9-22)20-29(27)33-39(2,36)37/h3-5,8-9,12-15,20-21,23,26,33H,6-7,10-11,16-19H2,1-2H3,(H,32,35). The van der Waals surface area contributed by atoms with E-state index < -0.39 is 10.0 Å². The molecule has 1 aliphatic carbocycles.